The molecule has 0 fully saturated rings. The second-order valence-corrected chi connectivity index (χ2v) is 9.30. The molecule has 1 amide bonds. The lowest BCUT2D eigenvalue weighted by atomic mass is 10.2. The third-order valence-electron chi connectivity index (χ3n) is 4.59. The number of thioether (sulfide) groups is 1. The highest BCUT2D eigenvalue weighted by Crippen LogP contribution is 2.36. The van der Waals surface area contributed by atoms with Gasteiger partial charge in [0.2, 0.25) is 5.91 Å². The summed E-state index contributed by atoms with van der Waals surface area (Å²) >= 11 is 9.52. The minimum absolute atomic E-state index is 0.0249. The zero-order valence-electron chi connectivity index (χ0n) is 16.4. The van der Waals surface area contributed by atoms with E-state index in [0.717, 1.165) is 26.4 Å². The Morgan fingerprint density at radius 1 is 1.10 bits per heavy atom. The summed E-state index contributed by atoms with van der Waals surface area (Å²) in [4.78, 5) is 25.2. The molecule has 4 aromatic rings. The second kappa shape index (κ2) is 9.60. The molecule has 30 heavy (non-hydrogen) atoms. The van der Waals surface area contributed by atoms with Crippen LogP contribution in [0.25, 0.3) is 10.2 Å². The van der Waals surface area contributed by atoms with Gasteiger partial charge in [-0.3, -0.25) is 14.7 Å². The standard InChI is InChI=1S/C23H20ClN3OS2/c1-16-10-11-19(24)22-21(16)26-23(30-22)27(15-17-7-5-6-13-25-17)20(28)12-14-29-18-8-3-2-4-9-18/h2-11,13H,12,14-15H2,1H3. The van der Waals surface area contributed by atoms with Crippen LogP contribution in [0.15, 0.2) is 71.8 Å². The van der Waals surface area contributed by atoms with Crippen LogP contribution in [0.5, 0.6) is 0 Å². The summed E-state index contributed by atoms with van der Waals surface area (Å²) in [6.07, 6.45) is 2.15. The highest BCUT2D eigenvalue weighted by molar-refractivity contribution is 7.99. The van der Waals surface area contributed by atoms with Crippen molar-refractivity contribution in [3.8, 4) is 0 Å². The van der Waals surface area contributed by atoms with Crippen LogP contribution in [0.1, 0.15) is 17.7 Å². The van der Waals surface area contributed by atoms with Crippen LogP contribution >= 0.6 is 34.7 Å². The number of rotatable bonds is 7. The van der Waals surface area contributed by atoms with Crippen LogP contribution in [0.4, 0.5) is 5.13 Å². The molecule has 0 unspecified atom stereocenters. The van der Waals surface area contributed by atoms with Crippen molar-refractivity contribution in [2.45, 2.75) is 24.8 Å². The van der Waals surface area contributed by atoms with Gasteiger partial charge in [0.25, 0.3) is 0 Å². The van der Waals surface area contributed by atoms with E-state index in [-0.39, 0.29) is 5.91 Å². The summed E-state index contributed by atoms with van der Waals surface area (Å²) in [6, 6.07) is 19.7. The number of aromatic nitrogens is 2. The molecule has 0 saturated carbocycles. The minimum atomic E-state index is 0.0249. The molecule has 0 bridgehead atoms. The summed E-state index contributed by atoms with van der Waals surface area (Å²) in [6.45, 7) is 2.38. The van der Waals surface area contributed by atoms with Crippen LogP contribution in [0.2, 0.25) is 5.02 Å². The van der Waals surface area contributed by atoms with E-state index >= 15 is 0 Å². The Labute approximate surface area is 188 Å². The molecule has 4 rings (SSSR count). The van der Waals surface area contributed by atoms with Gasteiger partial charge < -0.3 is 0 Å². The molecule has 0 spiro atoms. The molecular formula is C23H20ClN3OS2. The maximum atomic E-state index is 13.2. The fourth-order valence-corrected chi connectivity index (χ4v) is 5.23. The van der Waals surface area contributed by atoms with Crippen molar-refractivity contribution in [1.82, 2.24) is 9.97 Å². The van der Waals surface area contributed by atoms with Gasteiger partial charge in [0.15, 0.2) is 5.13 Å². The average molecular weight is 454 g/mol. The molecule has 0 saturated heterocycles. The first-order chi connectivity index (χ1) is 14.6. The number of carbonyl (C=O) groups excluding carboxylic acids is 1. The molecule has 4 nitrogen and oxygen atoms in total. The highest BCUT2D eigenvalue weighted by Gasteiger charge is 2.22. The van der Waals surface area contributed by atoms with Gasteiger partial charge >= 0.3 is 0 Å². The first-order valence-corrected chi connectivity index (χ1v) is 11.7. The topological polar surface area (TPSA) is 46.1 Å². The third kappa shape index (κ3) is 4.83. The quantitative estimate of drug-likeness (QED) is 0.305. The van der Waals surface area contributed by atoms with Crippen LogP contribution in [0.3, 0.4) is 0 Å². The van der Waals surface area contributed by atoms with E-state index in [2.05, 4.69) is 17.1 Å². The van der Waals surface area contributed by atoms with E-state index in [9.17, 15) is 4.79 Å². The summed E-state index contributed by atoms with van der Waals surface area (Å²) in [5.41, 5.74) is 2.71. The largest absolute Gasteiger partial charge is 0.282 e. The molecule has 0 aliphatic heterocycles. The van der Waals surface area contributed by atoms with E-state index in [1.807, 2.05) is 55.5 Å². The lowest BCUT2D eigenvalue weighted by Crippen LogP contribution is -2.30. The lowest BCUT2D eigenvalue weighted by Gasteiger charge is -2.19. The van der Waals surface area contributed by atoms with E-state index < -0.39 is 0 Å². The third-order valence-corrected chi connectivity index (χ3v) is 7.14. The molecule has 2 aromatic carbocycles. The predicted octanol–water partition coefficient (Wildman–Crippen LogP) is 6.37. The maximum absolute atomic E-state index is 13.2. The lowest BCUT2D eigenvalue weighted by molar-refractivity contribution is -0.118. The van der Waals surface area contributed by atoms with Gasteiger partial charge in [-0.15, -0.1) is 11.8 Å². The molecule has 0 aliphatic carbocycles. The Morgan fingerprint density at radius 3 is 2.63 bits per heavy atom. The zero-order valence-corrected chi connectivity index (χ0v) is 18.8. The van der Waals surface area contributed by atoms with Gasteiger partial charge in [-0.25, -0.2) is 4.98 Å². The molecule has 0 atom stereocenters. The number of aryl methyl sites for hydroxylation is 1. The molecule has 0 radical (unpaired) electrons. The smallest absolute Gasteiger partial charge is 0.229 e. The Balaban J connectivity index is 1.58. The molecule has 7 heteroatoms. The summed E-state index contributed by atoms with van der Waals surface area (Å²) in [7, 11) is 0. The van der Waals surface area contributed by atoms with Crippen LogP contribution in [0, 0.1) is 6.92 Å². The van der Waals surface area contributed by atoms with E-state index in [0.29, 0.717) is 28.9 Å². The van der Waals surface area contributed by atoms with Crippen LogP contribution in [-0.2, 0) is 11.3 Å². The Morgan fingerprint density at radius 2 is 1.90 bits per heavy atom. The van der Waals surface area contributed by atoms with Gasteiger partial charge in [0.1, 0.15) is 0 Å². The number of halogens is 1. The fourth-order valence-electron chi connectivity index (χ4n) is 3.03. The maximum Gasteiger partial charge on any atom is 0.229 e. The van der Waals surface area contributed by atoms with E-state index in [1.165, 1.54) is 11.3 Å². The highest BCUT2D eigenvalue weighted by atomic mass is 35.5. The average Bonchev–Trinajstić information content (AvgIpc) is 3.23. The van der Waals surface area contributed by atoms with Crippen molar-refractivity contribution in [3.05, 3.63) is 83.1 Å². The number of amides is 1. The van der Waals surface area contributed by atoms with Crippen molar-refractivity contribution >= 4 is 56.0 Å². The number of anilines is 1. The number of hydrogen-bond acceptors (Lipinski definition) is 5. The van der Waals surface area contributed by atoms with Gasteiger partial charge in [-0.05, 0) is 42.8 Å². The number of pyridine rings is 1. The van der Waals surface area contributed by atoms with Crippen molar-refractivity contribution in [3.63, 3.8) is 0 Å². The van der Waals surface area contributed by atoms with E-state index in [4.69, 9.17) is 16.6 Å². The van der Waals surface area contributed by atoms with E-state index in [1.54, 1.807) is 22.9 Å². The second-order valence-electron chi connectivity index (χ2n) is 6.75. The monoisotopic (exact) mass is 453 g/mol. The minimum Gasteiger partial charge on any atom is -0.282 e. The van der Waals surface area contributed by atoms with Crippen molar-refractivity contribution in [2.24, 2.45) is 0 Å². The first-order valence-electron chi connectivity index (χ1n) is 9.55. The number of fused-ring (bicyclic) bond motifs is 1. The molecule has 0 N–H and O–H groups in total. The van der Waals surface area contributed by atoms with Gasteiger partial charge in [-0.2, -0.15) is 0 Å². The van der Waals surface area contributed by atoms with Crippen LogP contribution in [-0.4, -0.2) is 21.6 Å². The number of hydrogen-bond donors (Lipinski definition) is 0. The zero-order chi connectivity index (χ0) is 20.9. The number of carbonyl (C=O) groups is 1. The van der Waals surface area contributed by atoms with Crippen LogP contribution < -0.4 is 4.90 Å². The Hall–Kier alpha value is -2.41. The fraction of sp³-hybridized carbons (Fsp3) is 0.174. The summed E-state index contributed by atoms with van der Waals surface area (Å²) in [5.74, 6) is 0.726. The van der Waals surface area contributed by atoms with Gasteiger partial charge in [0.05, 0.1) is 27.5 Å². The Kier molecular flexibility index (Phi) is 6.67. The van der Waals surface area contributed by atoms with Crippen molar-refractivity contribution in [2.75, 3.05) is 10.7 Å². The number of nitrogens with zero attached hydrogens (tertiary/aromatic N) is 3. The first kappa shape index (κ1) is 20.8. The normalized spacial score (nSPS) is 11.0. The van der Waals surface area contributed by atoms with Gasteiger partial charge in [-0.1, -0.05) is 53.3 Å². The SMILES string of the molecule is Cc1ccc(Cl)c2sc(N(Cc3ccccn3)C(=O)CCSc3ccccc3)nc12. The summed E-state index contributed by atoms with van der Waals surface area (Å²) in [5, 5.41) is 1.31. The predicted molar refractivity (Wildman–Crippen MR) is 127 cm³/mol. The molecule has 0 aliphatic rings. The van der Waals surface area contributed by atoms with Crippen molar-refractivity contribution in [1.29, 1.82) is 0 Å². The number of thiazole rings is 1. The van der Waals surface area contributed by atoms with Crippen molar-refractivity contribution < 1.29 is 4.79 Å². The molecule has 152 valence electrons. The Bertz CT molecular complexity index is 1110. The van der Waals surface area contributed by atoms with Gasteiger partial charge in [0, 0.05) is 23.3 Å². The summed E-state index contributed by atoms with van der Waals surface area (Å²) < 4.78 is 0.907. The molecular weight excluding hydrogens is 434 g/mol. The number of benzene rings is 2. The molecule has 2 heterocycles. The molecule has 2 aromatic heterocycles.